The van der Waals surface area contributed by atoms with Gasteiger partial charge in [-0.3, -0.25) is 4.79 Å². The normalized spacial score (nSPS) is 17.1. The Kier molecular flexibility index (Phi) is 5.18. The zero-order chi connectivity index (χ0) is 19.5. The summed E-state index contributed by atoms with van der Waals surface area (Å²) in [7, 11) is 0. The number of benzene rings is 1. The van der Waals surface area contributed by atoms with Gasteiger partial charge in [0, 0.05) is 19.6 Å². The van der Waals surface area contributed by atoms with Crippen LogP contribution in [0.3, 0.4) is 0 Å². The third kappa shape index (κ3) is 3.67. The molecule has 0 saturated carbocycles. The van der Waals surface area contributed by atoms with E-state index in [1.54, 1.807) is 12.1 Å². The number of carbonyl (C=O) groups excluding carboxylic acids is 1. The number of aromatic nitrogens is 3. The van der Waals surface area contributed by atoms with Crippen LogP contribution in [-0.2, 0) is 17.8 Å². The third-order valence-corrected chi connectivity index (χ3v) is 5.13. The molecule has 7 nitrogen and oxygen atoms in total. The smallest absolute Gasteiger partial charge is 0.263 e. The highest BCUT2D eigenvalue weighted by Gasteiger charge is 2.28. The van der Waals surface area contributed by atoms with Gasteiger partial charge in [-0.1, -0.05) is 24.2 Å². The molecule has 1 aromatic carbocycles. The maximum absolute atomic E-state index is 13.0. The van der Waals surface area contributed by atoms with Gasteiger partial charge in [0.15, 0.2) is 0 Å². The summed E-state index contributed by atoms with van der Waals surface area (Å²) in [6.45, 7) is 3.80. The molecule has 0 spiro atoms. The van der Waals surface area contributed by atoms with Crippen molar-refractivity contribution in [1.29, 1.82) is 0 Å². The minimum atomic E-state index is -0.283. The molecule has 1 aliphatic rings. The summed E-state index contributed by atoms with van der Waals surface area (Å²) in [6.07, 6.45) is 3.92. The van der Waals surface area contributed by atoms with Crippen molar-refractivity contribution in [2.45, 2.75) is 32.7 Å². The first-order valence-corrected chi connectivity index (χ1v) is 9.52. The Hall–Kier alpha value is -3.03. The number of aryl methyl sites for hydroxylation is 1. The largest absolute Gasteiger partial charge is 0.355 e. The fourth-order valence-corrected chi connectivity index (χ4v) is 3.63. The summed E-state index contributed by atoms with van der Waals surface area (Å²) in [5.41, 5.74) is 2.18. The number of rotatable bonds is 5. The van der Waals surface area contributed by atoms with E-state index in [1.165, 1.54) is 18.5 Å². The van der Waals surface area contributed by atoms with Crippen molar-refractivity contribution in [3.8, 4) is 0 Å². The van der Waals surface area contributed by atoms with Crippen LogP contribution in [0.2, 0.25) is 0 Å². The molecule has 1 fully saturated rings. The van der Waals surface area contributed by atoms with Crippen LogP contribution in [-0.4, -0.2) is 34.1 Å². The Bertz CT molecular complexity index is 972. The van der Waals surface area contributed by atoms with Crippen LogP contribution in [0, 0.1) is 11.7 Å². The first kappa shape index (κ1) is 18.3. The summed E-state index contributed by atoms with van der Waals surface area (Å²) in [6, 6.07) is 6.15. The molecular weight excluding hydrogens is 361 g/mol. The van der Waals surface area contributed by atoms with E-state index < -0.39 is 0 Å². The zero-order valence-electron chi connectivity index (χ0n) is 15.7. The summed E-state index contributed by atoms with van der Waals surface area (Å²) in [5, 5.41) is 7.88. The lowest BCUT2D eigenvalue weighted by atomic mass is 9.96. The van der Waals surface area contributed by atoms with Gasteiger partial charge in [0.2, 0.25) is 5.91 Å². The van der Waals surface area contributed by atoms with Crippen molar-refractivity contribution in [2.24, 2.45) is 5.92 Å². The number of nitrogens with zero attached hydrogens (tertiary/aromatic N) is 4. The van der Waals surface area contributed by atoms with E-state index in [4.69, 9.17) is 4.52 Å². The number of anilines is 1. The van der Waals surface area contributed by atoms with E-state index in [9.17, 15) is 9.18 Å². The van der Waals surface area contributed by atoms with Crippen LogP contribution in [0.4, 0.5) is 10.2 Å². The van der Waals surface area contributed by atoms with Crippen molar-refractivity contribution in [3.63, 3.8) is 0 Å². The summed E-state index contributed by atoms with van der Waals surface area (Å²) in [4.78, 5) is 23.4. The van der Waals surface area contributed by atoms with Crippen molar-refractivity contribution < 1.29 is 13.7 Å². The van der Waals surface area contributed by atoms with Crippen molar-refractivity contribution in [3.05, 3.63) is 47.7 Å². The molecule has 2 aromatic heterocycles. The maximum atomic E-state index is 13.0. The first-order chi connectivity index (χ1) is 13.7. The molecule has 0 aliphatic carbocycles. The molecule has 4 rings (SSSR count). The third-order valence-electron chi connectivity index (χ3n) is 5.13. The molecule has 0 unspecified atom stereocenters. The molecule has 3 aromatic rings. The average Bonchev–Trinajstić information content (AvgIpc) is 3.16. The lowest BCUT2D eigenvalue weighted by molar-refractivity contribution is -0.125. The Morgan fingerprint density at radius 1 is 1.32 bits per heavy atom. The second-order valence-electron chi connectivity index (χ2n) is 6.99. The van der Waals surface area contributed by atoms with E-state index in [-0.39, 0.29) is 17.6 Å². The molecule has 1 saturated heterocycles. The van der Waals surface area contributed by atoms with Gasteiger partial charge in [-0.2, -0.15) is 4.98 Å². The topological polar surface area (TPSA) is 84.2 Å². The highest BCUT2D eigenvalue weighted by atomic mass is 19.1. The number of hydrogen-bond acceptors (Lipinski definition) is 6. The van der Waals surface area contributed by atoms with E-state index >= 15 is 0 Å². The van der Waals surface area contributed by atoms with E-state index in [1.807, 2.05) is 6.92 Å². The molecule has 0 bridgehead atoms. The van der Waals surface area contributed by atoms with Gasteiger partial charge in [0.25, 0.3) is 5.71 Å². The molecule has 1 N–H and O–H groups in total. The lowest BCUT2D eigenvalue weighted by Crippen LogP contribution is -2.43. The molecule has 146 valence electrons. The van der Waals surface area contributed by atoms with Gasteiger partial charge < -0.3 is 14.7 Å². The fraction of sp³-hybridized carbons (Fsp3) is 0.400. The van der Waals surface area contributed by atoms with Crippen LogP contribution in [0.5, 0.6) is 0 Å². The molecule has 1 amide bonds. The second-order valence-corrected chi connectivity index (χ2v) is 6.99. The lowest BCUT2D eigenvalue weighted by Gasteiger charge is -2.33. The number of amides is 1. The quantitative estimate of drug-likeness (QED) is 0.729. The van der Waals surface area contributed by atoms with Crippen molar-refractivity contribution in [1.82, 2.24) is 20.4 Å². The molecule has 28 heavy (non-hydrogen) atoms. The number of halogens is 1. The summed E-state index contributed by atoms with van der Waals surface area (Å²) >= 11 is 0. The number of hydrogen-bond donors (Lipinski definition) is 1. The first-order valence-electron chi connectivity index (χ1n) is 9.52. The van der Waals surface area contributed by atoms with Gasteiger partial charge in [0.1, 0.15) is 23.3 Å². The van der Waals surface area contributed by atoms with Gasteiger partial charge in [-0.25, -0.2) is 9.37 Å². The predicted molar refractivity (Wildman–Crippen MR) is 102 cm³/mol. The van der Waals surface area contributed by atoms with Crippen molar-refractivity contribution >= 4 is 22.8 Å². The minimum absolute atomic E-state index is 0.000332. The van der Waals surface area contributed by atoms with E-state index in [2.05, 4.69) is 25.3 Å². The van der Waals surface area contributed by atoms with Gasteiger partial charge in [0.05, 0.1) is 11.6 Å². The molecule has 8 heteroatoms. The van der Waals surface area contributed by atoms with Crippen molar-refractivity contribution in [2.75, 3.05) is 18.0 Å². The second kappa shape index (κ2) is 7.92. The zero-order valence-corrected chi connectivity index (χ0v) is 15.7. The average molecular weight is 383 g/mol. The van der Waals surface area contributed by atoms with Gasteiger partial charge in [-0.05, 0) is 37.0 Å². The van der Waals surface area contributed by atoms with E-state index in [0.29, 0.717) is 18.8 Å². The minimum Gasteiger partial charge on any atom is -0.355 e. The standard InChI is InChI=1S/C20H22FN5O2/c1-2-16-17-18(23-12-24-20(17)28-25-16)26-9-3-4-14(11-26)19(27)22-10-13-5-7-15(21)8-6-13/h5-8,12,14H,2-4,9-11H2,1H3,(H,22,27)/t14-/m1/s1. The van der Waals surface area contributed by atoms with Crippen LogP contribution in [0.1, 0.15) is 31.0 Å². The SMILES string of the molecule is CCc1noc2ncnc(N3CCC[C@@H](C(=O)NCc4ccc(F)cc4)C3)c12. The number of carbonyl (C=O) groups is 1. The number of nitrogens with one attached hydrogen (secondary N) is 1. The van der Waals surface area contributed by atoms with E-state index in [0.717, 1.165) is 48.3 Å². The highest BCUT2D eigenvalue weighted by Crippen LogP contribution is 2.30. The van der Waals surface area contributed by atoms with Gasteiger partial charge in [-0.15, -0.1) is 0 Å². The Balaban J connectivity index is 1.46. The Morgan fingerprint density at radius 3 is 2.93 bits per heavy atom. The highest BCUT2D eigenvalue weighted by molar-refractivity contribution is 5.88. The van der Waals surface area contributed by atoms with Crippen LogP contribution in [0.15, 0.2) is 35.1 Å². The van der Waals surface area contributed by atoms with Crippen LogP contribution in [0.25, 0.3) is 11.1 Å². The number of fused-ring (bicyclic) bond motifs is 1. The number of piperidine rings is 1. The molecule has 0 radical (unpaired) electrons. The molecule has 1 aliphatic heterocycles. The molecule has 1 atom stereocenters. The van der Waals surface area contributed by atoms with Gasteiger partial charge >= 0.3 is 0 Å². The maximum Gasteiger partial charge on any atom is 0.263 e. The van der Waals surface area contributed by atoms with Crippen LogP contribution >= 0.6 is 0 Å². The fourth-order valence-electron chi connectivity index (χ4n) is 3.63. The monoisotopic (exact) mass is 383 g/mol. The van der Waals surface area contributed by atoms with Crippen LogP contribution < -0.4 is 10.2 Å². The predicted octanol–water partition coefficient (Wildman–Crippen LogP) is 2.85. The molecule has 3 heterocycles. The summed E-state index contributed by atoms with van der Waals surface area (Å²) in [5.74, 6) is 0.359. The molecular formula is C20H22FN5O2. The Morgan fingerprint density at radius 2 is 2.14 bits per heavy atom. The summed E-state index contributed by atoms with van der Waals surface area (Å²) < 4.78 is 18.3. The Labute approximate surface area is 161 Å².